The molecular formula is C12H18N2O2S. The fraction of sp³-hybridized carbons (Fsp3) is 0.500. The van der Waals surface area contributed by atoms with Crippen molar-refractivity contribution in [2.75, 3.05) is 19.8 Å². The van der Waals surface area contributed by atoms with E-state index >= 15 is 0 Å². The Labute approximate surface area is 102 Å². The van der Waals surface area contributed by atoms with Crippen molar-refractivity contribution in [2.24, 2.45) is 5.73 Å². The summed E-state index contributed by atoms with van der Waals surface area (Å²) >= 11 is 0. The number of nitrogens with zero attached hydrogens (tertiary/aromatic N) is 1. The van der Waals surface area contributed by atoms with E-state index in [0.717, 1.165) is 17.5 Å². The summed E-state index contributed by atoms with van der Waals surface area (Å²) in [6, 6.07) is 5.44. The van der Waals surface area contributed by atoms with Gasteiger partial charge in [0, 0.05) is 0 Å². The van der Waals surface area contributed by atoms with Gasteiger partial charge < -0.3 is 5.73 Å². The number of hydrogen-bond acceptors (Lipinski definition) is 4. The first-order chi connectivity index (χ1) is 7.92. The van der Waals surface area contributed by atoms with Gasteiger partial charge in [0.25, 0.3) is 0 Å². The molecule has 0 amide bonds. The van der Waals surface area contributed by atoms with Gasteiger partial charge in [-0.1, -0.05) is 12.1 Å². The van der Waals surface area contributed by atoms with Gasteiger partial charge >= 0.3 is 0 Å². The highest BCUT2D eigenvalue weighted by Crippen LogP contribution is 2.27. The van der Waals surface area contributed by atoms with Crippen molar-refractivity contribution in [2.45, 2.75) is 23.9 Å². The van der Waals surface area contributed by atoms with Gasteiger partial charge in [-0.25, -0.2) is 8.42 Å². The van der Waals surface area contributed by atoms with E-state index < -0.39 is 9.84 Å². The number of sulfone groups is 1. The zero-order valence-corrected chi connectivity index (χ0v) is 11.0. The first-order valence-corrected chi connectivity index (χ1v) is 7.34. The van der Waals surface area contributed by atoms with E-state index in [4.69, 9.17) is 5.73 Å². The van der Waals surface area contributed by atoms with Gasteiger partial charge in [-0.3, -0.25) is 4.90 Å². The van der Waals surface area contributed by atoms with E-state index in [1.165, 1.54) is 0 Å². The largest absolute Gasteiger partial charge is 0.312 e. The van der Waals surface area contributed by atoms with Crippen molar-refractivity contribution in [1.82, 2.24) is 4.90 Å². The molecule has 94 valence electrons. The maximum absolute atomic E-state index is 11.8. The lowest BCUT2D eigenvalue weighted by Gasteiger charge is -2.23. The molecule has 2 N–H and O–H groups in total. The molecule has 1 aromatic rings. The van der Waals surface area contributed by atoms with Gasteiger partial charge in [0.2, 0.25) is 0 Å². The molecule has 17 heavy (non-hydrogen) atoms. The molecule has 0 fully saturated rings. The average molecular weight is 254 g/mol. The number of hydrogen-bond donors (Lipinski definition) is 1. The van der Waals surface area contributed by atoms with E-state index in [2.05, 4.69) is 0 Å². The topological polar surface area (TPSA) is 63.4 Å². The van der Waals surface area contributed by atoms with Gasteiger partial charge in [-0.05, 0) is 44.1 Å². The standard InChI is InChI=1S/C12H18N2O2S/c1-14(2)12(13)10-5-6-11-9(8-10)4-3-7-17(11,15)16/h5-6,8,12H,3-4,7,13H2,1-2H3. The summed E-state index contributed by atoms with van der Waals surface area (Å²) < 4.78 is 23.7. The first-order valence-electron chi connectivity index (χ1n) is 5.69. The Kier molecular flexibility index (Phi) is 3.25. The van der Waals surface area contributed by atoms with Crippen LogP contribution in [-0.2, 0) is 16.3 Å². The predicted molar refractivity (Wildman–Crippen MR) is 67.4 cm³/mol. The molecule has 0 radical (unpaired) electrons. The molecule has 1 aliphatic rings. The van der Waals surface area contributed by atoms with Crippen LogP contribution in [0, 0.1) is 0 Å². The first kappa shape index (κ1) is 12.5. The second-order valence-electron chi connectivity index (χ2n) is 4.70. The lowest BCUT2D eigenvalue weighted by Crippen LogP contribution is -2.28. The monoisotopic (exact) mass is 254 g/mol. The minimum atomic E-state index is -3.06. The Hall–Kier alpha value is -0.910. The molecule has 1 atom stereocenters. The van der Waals surface area contributed by atoms with Crippen molar-refractivity contribution >= 4 is 9.84 Å². The number of nitrogens with two attached hydrogens (primary N) is 1. The zero-order valence-electron chi connectivity index (χ0n) is 10.2. The van der Waals surface area contributed by atoms with Crippen LogP contribution in [0.25, 0.3) is 0 Å². The summed E-state index contributed by atoms with van der Waals surface area (Å²) in [5.41, 5.74) is 7.89. The smallest absolute Gasteiger partial charge is 0.178 e. The Morgan fingerprint density at radius 3 is 2.71 bits per heavy atom. The Morgan fingerprint density at radius 2 is 2.06 bits per heavy atom. The van der Waals surface area contributed by atoms with Crippen LogP contribution in [0.2, 0.25) is 0 Å². The van der Waals surface area contributed by atoms with E-state index in [-0.39, 0.29) is 11.9 Å². The molecule has 5 heteroatoms. The number of aryl methyl sites for hydroxylation is 1. The van der Waals surface area contributed by atoms with E-state index in [1.54, 1.807) is 6.07 Å². The Morgan fingerprint density at radius 1 is 1.35 bits per heavy atom. The average Bonchev–Trinajstić information content (AvgIpc) is 2.27. The van der Waals surface area contributed by atoms with Gasteiger partial charge in [0.1, 0.15) is 0 Å². The fourth-order valence-corrected chi connectivity index (χ4v) is 3.72. The van der Waals surface area contributed by atoms with Crippen LogP contribution in [0.3, 0.4) is 0 Å². The molecule has 0 aromatic heterocycles. The van der Waals surface area contributed by atoms with E-state index in [0.29, 0.717) is 11.3 Å². The molecule has 0 spiro atoms. The lowest BCUT2D eigenvalue weighted by atomic mass is 10.0. The van der Waals surface area contributed by atoms with E-state index in [9.17, 15) is 8.42 Å². The van der Waals surface area contributed by atoms with Crippen molar-refractivity contribution in [3.05, 3.63) is 29.3 Å². The maximum Gasteiger partial charge on any atom is 0.178 e. The Bertz CT molecular complexity index is 523. The number of fused-ring (bicyclic) bond motifs is 1. The highest BCUT2D eigenvalue weighted by molar-refractivity contribution is 7.91. The second-order valence-corrected chi connectivity index (χ2v) is 6.78. The van der Waals surface area contributed by atoms with Gasteiger partial charge in [-0.15, -0.1) is 0 Å². The third-order valence-corrected chi connectivity index (χ3v) is 5.07. The van der Waals surface area contributed by atoms with Crippen molar-refractivity contribution < 1.29 is 8.42 Å². The molecule has 1 heterocycles. The SMILES string of the molecule is CN(C)C(N)c1ccc2c(c1)CCCS2(=O)=O. The van der Waals surface area contributed by atoms with Crippen LogP contribution in [0.4, 0.5) is 0 Å². The summed E-state index contributed by atoms with van der Waals surface area (Å²) in [7, 11) is 0.748. The zero-order chi connectivity index (χ0) is 12.6. The predicted octanol–water partition coefficient (Wildman–Crippen LogP) is 0.925. The lowest BCUT2D eigenvalue weighted by molar-refractivity contribution is 0.307. The van der Waals surface area contributed by atoms with Crippen LogP contribution in [0.1, 0.15) is 23.7 Å². The van der Waals surface area contributed by atoms with Gasteiger partial charge in [0.05, 0.1) is 16.8 Å². The van der Waals surface area contributed by atoms with Crippen molar-refractivity contribution in [3.8, 4) is 0 Å². The van der Waals surface area contributed by atoms with Crippen LogP contribution < -0.4 is 5.73 Å². The van der Waals surface area contributed by atoms with Gasteiger partial charge in [-0.2, -0.15) is 0 Å². The quantitative estimate of drug-likeness (QED) is 0.797. The summed E-state index contributed by atoms with van der Waals surface area (Å²) in [5, 5.41) is 0. The van der Waals surface area contributed by atoms with Crippen molar-refractivity contribution in [3.63, 3.8) is 0 Å². The minimum Gasteiger partial charge on any atom is -0.312 e. The molecule has 1 aliphatic heterocycles. The molecule has 0 saturated carbocycles. The fourth-order valence-electron chi connectivity index (χ4n) is 2.14. The molecule has 0 bridgehead atoms. The Balaban J connectivity index is 2.45. The van der Waals surface area contributed by atoms with Crippen LogP contribution >= 0.6 is 0 Å². The summed E-state index contributed by atoms with van der Waals surface area (Å²) in [4.78, 5) is 2.39. The highest BCUT2D eigenvalue weighted by atomic mass is 32.2. The van der Waals surface area contributed by atoms with Crippen LogP contribution in [0.5, 0.6) is 0 Å². The molecule has 1 unspecified atom stereocenters. The van der Waals surface area contributed by atoms with Crippen molar-refractivity contribution in [1.29, 1.82) is 0 Å². The molecule has 4 nitrogen and oxygen atoms in total. The third-order valence-electron chi connectivity index (χ3n) is 3.18. The second kappa shape index (κ2) is 4.40. The highest BCUT2D eigenvalue weighted by Gasteiger charge is 2.24. The van der Waals surface area contributed by atoms with E-state index in [1.807, 2.05) is 31.1 Å². The molecule has 1 aromatic carbocycles. The normalized spacial score (nSPS) is 20.0. The molecular weight excluding hydrogens is 236 g/mol. The summed E-state index contributed by atoms with van der Waals surface area (Å²) in [6.45, 7) is 0. The maximum atomic E-state index is 11.8. The molecule has 2 rings (SSSR count). The van der Waals surface area contributed by atoms with Crippen LogP contribution in [-0.4, -0.2) is 33.2 Å². The van der Waals surface area contributed by atoms with Crippen LogP contribution in [0.15, 0.2) is 23.1 Å². The summed E-state index contributed by atoms with van der Waals surface area (Å²) in [5.74, 6) is 0.263. The number of benzene rings is 1. The number of rotatable bonds is 2. The minimum absolute atomic E-state index is 0.190. The van der Waals surface area contributed by atoms with Gasteiger partial charge in [0.15, 0.2) is 9.84 Å². The third kappa shape index (κ3) is 2.36. The molecule has 0 saturated heterocycles. The summed E-state index contributed by atoms with van der Waals surface area (Å²) in [6.07, 6.45) is 1.34. The molecule has 0 aliphatic carbocycles.